The Balaban J connectivity index is 3.07. The molecule has 1 aromatic carbocycles. The second kappa shape index (κ2) is 5.47. The molecule has 5 heteroatoms. The van der Waals surface area contributed by atoms with Crippen LogP contribution in [0.5, 0.6) is 0 Å². The van der Waals surface area contributed by atoms with Gasteiger partial charge in [-0.1, -0.05) is 11.6 Å². The van der Waals surface area contributed by atoms with E-state index in [1.165, 1.54) is 0 Å². The van der Waals surface area contributed by atoms with E-state index >= 15 is 0 Å². The van der Waals surface area contributed by atoms with Gasteiger partial charge in [0.1, 0.15) is 5.82 Å². The highest BCUT2D eigenvalue weighted by Crippen LogP contribution is 2.30. The van der Waals surface area contributed by atoms with E-state index in [1.54, 1.807) is 13.0 Å². The van der Waals surface area contributed by atoms with Crippen molar-refractivity contribution in [2.75, 3.05) is 0 Å². The summed E-state index contributed by atoms with van der Waals surface area (Å²) in [6, 6.07) is 0.892. The largest absolute Gasteiger partial charge is 0.481 e. The fourth-order valence-corrected chi connectivity index (χ4v) is 2.00. The standard InChI is InChI=1S/C12H15ClFNO2/c1-6-5-8(13)12(14)11(7(6)2)9(15)3-4-10(16)17/h5,9H,3-4,15H2,1-2H3,(H,16,17). The summed E-state index contributed by atoms with van der Waals surface area (Å²) in [4.78, 5) is 10.5. The number of halogens is 2. The molecule has 0 saturated carbocycles. The van der Waals surface area contributed by atoms with Crippen LogP contribution in [0.4, 0.5) is 4.39 Å². The predicted molar refractivity (Wildman–Crippen MR) is 64.7 cm³/mol. The van der Waals surface area contributed by atoms with Crippen molar-refractivity contribution in [1.29, 1.82) is 0 Å². The number of aliphatic carboxylic acids is 1. The maximum absolute atomic E-state index is 13.9. The first kappa shape index (κ1) is 13.9. The number of carbonyl (C=O) groups is 1. The van der Waals surface area contributed by atoms with Crippen LogP contribution < -0.4 is 5.73 Å². The third-order valence-electron chi connectivity index (χ3n) is 2.82. The number of nitrogens with two attached hydrogens (primary N) is 1. The van der Waals surface area contributed by atoms with Gasteiger partial charge in [-0.05, 0) is 37.5 Å². The molecule has 3 N–H and O–H groups in total. The highest BCUT2D eigenvalue weighted by Gasteiger charge is 2.19. The van der Waals surface area contributed by atoms with Crippen molar-refractivity contribution in [2.45, 2.75) is 32.7 Å². The summed E-state index contributed by atoms with van der Waals surface area (Å²) in [6.07, 6.45) is 0.0957. The Morgan fingerprint density at radius 2 is 2.18 bits per heavy atom. The van der Waals surface area contributed by atoms with Gasteiger partial charge in [0, 0.05) is 18.0 Å². The minimum atomic E-state index is -0.947. The quantitative estimate of drug-likeness (QED) is 0.874. The fourth-order valence-electron chi connectivity index (χ4n) is 1.73. The van der Waals surface area contributed by atoms with E-state index < -0.39 is 17.8 Å². The van der Waals surface area contributed by atoms with Gasteiger partial charge in [0.25, 0.3) is 0 Å². The van der Waals surface area contributed by atoms with Crippen molar-refractivity contribution < 1.29 is 14.3 Å². The average Bonchev–Trinajstić information content (AvgIpc) is 2.24. The van der Waals surface area contributed by atoms with Crippen LogP contribution >= 0.6 is 11.6 Å². The highest BCUT2D eigenvalue weighted by atomic mass is 35.5. The Kier molecular flexibility index (Phi) is 4.48. The third-order valence-corrected chi connectivity index (χ3v) is 3.10. The minimum Gasteiger partial charge on any atom is -0.481 e. The van der Waals surface area contributed by atoms with Gasteiger partial charge in [-0.3, -0.25) is 4.79 Å². The van der Waals surface area contributed by atoms with Crippen molar-refractivity contribution in [2.24, 2.45) is 5.73 Å². The molecule has 3 nitrogen and oxygen atoms in total. The van der Waals surface area contributed by atoms with Crippen LogP contribution in [0.2, 0.25) is 5.02 Å². The normalized spacial score (nSPS) is 12.5. The van der Waals surface area contributed by atoms with Gasteiger partial charge in [-0.25, -0.2) is 4.39 Å². The van der Waals surface area contributed by atoms with Crippen LogP contribution in [-0.4, -0.2) is 11.1 Å². The van der Waals surface area contributed by atoms with Gasteiger partial charge in [0.15, 0.2) is 0 Å². The summed E-state index contributed by atoms with van der Waals surface area (Å²) in [6.45, 7) is 3.57. The maximum Gasteiger partial charge on any atom is 0.303 e. The van der Waals surface area contributed by atoms with E-state index in [1.807, 2.05) is 6.92 Å². The minimum absolute atomic E-state index is 0.0221. The molecule has 0 spiro atoms. The number of aryl methyl sites for hydroxylation is 1. The molecule has 1 rings (SSSR count). The molecule has 0 fully saturated rings. The first-order chi connectivity index (χ1) is 7.84. The molecule has 0 aromatic heterocycles. The van der Waals surface area contributed by atoms with Crippen LogP contribution in [0.1, 0.15) is 35.6 Å². The Morgan fingerprint density at radius 1 is 1.59 bits per heavy atom. The lowest BCUT2D eigenvalue weighted by Crippen LogP contribution is -2.16. The van der Waals surface area contributed by atoms with Crippen LogP contribution in [0.25, 0.3) is 0 Å². The number of carboxylic acid groups (broad SMARTS) is 1. The first-order valence-electron chi connectivity index (χ1n) is 5.27. The summed E-state index contributed by atoms with van der Waals surface area (Å²) in [5.74, 6) is -1.50. The number of hydrogen-bond donors (Lipinski definition) is 2. The Bertz CT molecular complexity index is 422. The van der Waals surface area contributed by atoms with Crippen molar-refractivity contribution in [3.8, 4) is 0 Å². The first-order valence-corrected chi connectivity index (χ1v) is 5.64. The van der Waals surface area contributed by atoms with Crippen LogP contribution in [0, 0.1) is 19.7 Å². The molecule has 0 heterocycles. The average molecular weight is 260 g/mol. The molecule has 1 unspecified atom stereocenters. The molecule has 0 aliphatic carbocycles. The molecule has 0 bridgehead atoms. The molecule has 17 heavy (non-hydrogen) atoms. The summed E-state index contributed by atoms with van der Waals surface area (Å²) >= 11 is 5.75. The monoisotopic (exact) mass is 259 g/mol. The zero-order valence-corrected chi connectivity index (χ0v) is 10.5. The molecule has 0 aliphatic rings. The Morgan fingerprint density at radius 3 is 2.71 bits per heavy atom. The van der Waals surface area contributed by atoms with Crippen LogP contribution in [-0.2, 0) is 4.79 Å². The van der Waals surface area contributed by atoms with Crippen molar-refractivity contribution in [3.05, 3.63) is 33.6 Å². The molecular formula is C12H15ClFNO2. The topological polar surface area (TPSA) is 63.3 Å². The van der Waals surface area contributed by atoms with E-state index in [4.69, 9.17) is 22.4 Å². The second-order valence-corrected chi connectivity index (χ2v) is 4.47. The molecule has 1 aromatic rings. The lowest BCUT2D eigenvalue weighted by molar-refractivity contribution is -0.137. The zero-order valence-electron chi connectivity index (χ0n) is 9.76. The molecule has 0 aliphatic heterocycles. The molecule has 0 amide bonds. The van der Waals surface area contributed by atoms with Gasteiger partial charge in [-0.15, -0.1) is 0 Å². The van der Waals surface area contributed by atoms with Gasteiger partial charge < -0.3 is 10.8 Å². The van der Waals surface area contributed by atoms with Crippen molar-refractivity contribution in [3.63, 3.8) is 0 Å². The summed E-state index contributed by atoms with van der Waals surface area (Å²) in [5.41, 5.74) is 7.71. The van der Waals surface area contributed by atoms with Gasteiger partial charge in [0.2, 0.25) is 0 Å². The second-order valence-electron chi connectivity index (χ2n) is 4.07. The van der Waals surface area contributed by atoms with E-state index in [9.17, 15) is 9.18 Å². The van der Waals surface area contributed by atoms with Crippen LogP contribution in [0.3, 0.4) is 0 Å². The van der Waals surface area contributed by atoms with E-state index in [0.29, 0.717) is 5.56 Å². The molecule has 1 atom stereocenters. The smallest absolute Gasteiger partial charge is 0.303 e. The van der Waals surface area contributed by atoms with E-state index in [2.05, 4.69) is 0 Å². The Labute approximate surface area is 104 Å². The third kappa shape index (κ3) is 3.17. The van der Waals surface area contributed by atoms with Gasteiger partial charge in [-0.2, -0.15) is 0 Å². The number of rotatable bonds is 4. The molecule has 0 saturated heterocycles. The number of carboxylic acids is 1. The zero-order chi connectivity index (χ0) is 13.2. The lowest BCUT2D eigenvalue weighted by atomic mass is 9.94. The van der Waals surface area contributed by atoms with Gasteiger partial charge in [0.05, 0.1) is 5.02 Å². The summed E-state index contributed by atoms with van der Waals surface area (Å²) in [5, 5.41) is 8.60. The summed E-state index contributed by atoms with van der Waals surface area (Å²) < 4.78 is 13.9. The molecule has 0 radical (unpaired) electrons. The van der Waals surface area contributed by atoms with Crippen LogP contribution in [0.15, 0.2) is 6.07 Å². The maximum atomic E-state index is 13.9. The SMILES string of the molecule is Cc1cc(Cl)c(F)c(C(N)CCC(=O)O)c1C. The van der Waals surface area contributed by atoms with E-state index in [0.717, 1.165) is 11.1 Å². The van der Waals surface area contributed by atoms with Crippen molar-refractivity contribution in [1.82, 2.24) is 0 Å². The fraction of sp³-hybridized carbons (Fsp3) is 0.417. The molecular weight excluding hydrogens is 245 g/mol. The summed E-state index contributed by atoms with van der Waals surface area (Å²) in [7, 11) is 0. The van der Waals surface area contributed by atoms with E-state index in [-0.39, 0.29) is 17.9 Å². The number of hydrogen-bond acceptors (Lipinski definition) is 2. The number of benzene rings is 1. The molecule has 94 valence electrons. The predicted octanol–water partition coefficient (Wildman–Crippen LogP) is 2.96. The van der Waals surface area contributed by atoms with Gasteiger partial charge >= 0.3 is 5.97 Å². The lowest BCUT2D eigenvalue weighted by Gasteiger charge is -2.17. The van der Waals surface area contributed by atoms with Crippen molar-refractivity contribution >= 4 is 17.6 Å². The Hall–Kier alpha value is -1.13. The highest BCUT2D eigenvalue weighted by molar-refractivity contribution is 6.30.